The number of amides is 1. The lowest BCUT2D eigenvalue weighted by Crippen LogP contribution is -2.44. The van der Waals surface area contributed by atoms with Gasteiger partial charge in [0, 0.05) is 37.8 Å². The van der Waals surface area contributed by atoms with Crippen molar-refractivity contribution in [2.24, 2.45) is 0 Å². The summed E-state index contributed by atoms with van der Waals surface area (Å²) >= 11 is 6.24. The average molecular weight is 541 g/mol. The van der Waals surface area contributed by atoms with E-state index in [1.54, 1.807) is 30.3 Å². The molecule has 1 heterocycles. The molecule has 0 bridgehead atoms. The zero-order valence-corrected chi connectivity index (χ0v) is 21.8. The van der Waals surface area contributed by atoms with Gasteiger partial charge in [-0.2, -0.15) is 4.39 Å². The molecule has 1 aliphatic heterocycles. The lowest BCUT2D eigenvalue weighted by Gasteiger charge is -2.35. The summed E-state index contributed by atoms with van der Waals surface area (Å²) in [6.07, 6.45) is 0. The largest absolute Gasteiger partial charge is 0.465 e. The molecule has 0 atom stereocenters. The van der Waals surface area contributed by atoms with Gasteiger partial charge in [0.1, 0.15) is 0 Å². The molecule has 3 aromatic carbocycles. The summed E-state index contributed by atoms with van der Waals surface area (Å²) in [7, 11) is 3.35. The van der Waals surface area contributed by atoms with Gasteiger partial charge in [-0.25, -0.2) is 4.79 Å². The molecule has 0 aromatic heterocycles. The van der Waals surface area contributed by atoms with Crippen LogP contribution in [0.1, 0.15) is 26.3 Å². The molecule has 9 nitrogen and oxygen atoms in total. The Hall–Kier alpha value is -4.02. The van der Waals surface area contributed by atoms with Crippen molar-refractivity contribution in [3.05, 3.63) is 86.2 Å². The number of rotatable bonds is 6. The normalized spacial score (nSPS) is 13.8. The number of nitro groups is 1. The number of likely N-dealkylation sites (N-methyl/N-ethyl adjacent to an activating group) is 1. The van der Waals surface area contributed by atoms with Crippen LogP contribution in [0, 0.1) is 22.9 Å². The summed E-state index contributed by atoms with van der Waals surface area (Å²) in [4.78, 5) is 39.9. The maximum absolute atomic E-state index is 14.4. The molecule has 1 N–H and O–H groups in total. The maximum Gasteiger partial charge on any atom is 0.337 e. The third-order valence-corrected chi connectivity index (χ3v) is 7.06. The van der Waals surface area contributed by atoms with Gasteiger partial charge in [-0.05, 0) is 49.4 Å². The third-order valence-electron chi connectivity index (χ3n) is 6.57. The fourth-order valence-corrected chi connectivity index (χ4v) is 4.52. The van der Waals surface area contributed by atoms with Crippen LogP contribution in [0.3, 0.4) is 0 Å². The van der Waals surface area contributed by atoms with Gasteiger partial charge in [0.2, 0.25) is 5.82 Å². The molecule has 0 aliphatic carbocycles. The Bertz CT molecular complexity index is 1410. The number of carbonyl (C=O) groups is 2. The standard InChI is InChI=1S/C27H26ClFN4O5/c1-16-24(28)20(15-23(25(16)29)33(36)37)26(34)30-21-14-19(17-4-6-18(7-5-17)27(35)38-3)8-9-22(21)32-12-10-31(2)11-13-32/h4-9,14-15H,10-13H2,1-3H3,(H,30,34). The molecule has 4 rings (SSSR count). The quantitative estimate of drug-likeness (QED) is 0.262. The number of hydrogen-bond donors (Lipinski definition) is 1. The van der Waals surface area contributed by atoms with Crippen LogP contribution in [0.5, 0.6) is 0 Å². The van der Waals surface area contributed by atoms with E-state index in [1.165, 1.54) is 14.0 Å². The van der Waals surface area contributed by atoms with E-state index in [4.69, 9.17) is 16.3 Å². The zero-order valence-electron chi connectivity index (χ0n) is 21.1. The first kappa shape index (κ1) is 27.0. The molecule has 38 heavy (non-hydrogen) atoms. The monoisotopic (exact) mass is 540 g/mol. The predicted molar refractivity (Wildman–Crippen MR) is 144 cm³/mol. The number of nitrogens with one attached hydrogen (secondary N) is 1. The second-order valence-electron chi connectivity index (χ2n) is 9.00. The highest BCUT2D eigenvalue weighted by molar-refractivity contribution is 6.35. The Balaban J connectivity index is 1.74. The Kier molecular flexibility index (Phi) is 7.94. The molecule has 198 valence electrons. The van der Waals surface area contributed by atoms with Crippen LogP contribution in [0.15, 0.2) is 48.5 Å². The summed E-state index contributed by atoms with van der Waals surface area (Å²) < 4.78 is 19.1. The number of nitrogens with zero attached hydrogens (tertiary/aromatic N) is 3. The number of halogens is 2. The molecule has 0 spiro atoms. The van der Waals surface area contributed by atoms with Crippen LogP contribution in [-0.2, 0) is 4.74 Å². The third kappa shape index (κ3) is 5.46. The number of ether oxygens (including phenoxy) is 1. The van der Waals surface area contributed by atoms with Crippen LogP contribution in [-0.4, -0.2) is 62.0 Å². The van der Waals surface area contributed by atoms with Gasteiger partial charge in [-0.15, -0.1) is 0 Å². The van der Waals surface area contributed by atoms with Gasteiger partial charge in [0.15, 0.2) is 0 Å². The Morgan fingerprint density at radius 2 is 1.68 bits per heavy atom. The number of benzene rings is 3. The number of anilines is 2. The van der Waals surface area contributed by atoms with Crippen molar-refractivity contribution in [3.8, 4) is 11.1 Å². The van der Waals surface area contributed by atoms with Crippen molar-refractivity contribution < 1.29 is 23.6 Å². The number of hydrogen-bond acceptors (Lipinski definition) is 7. The fraction of sp³-hybridized carbons (Fsp3) is 0.259. The van der Waals surface area contributed by atoms with E-state index in [0.29, 0.717) is 11.3 Å². The zero-order chi connectivity index (χ0) is 27.6. The molecule has 1 aliphatic rings. The van der Waals surface area contributed by atoms with E-state index in [1.807, 2.05) is 19.2 Å². The summed E-state index contributed by atoms with van der Waals surface area (Å²) in [5.41, 5.74) is 2.00. The van der Waals surface area contributed by atoms with Crippen LogP contribution < -0.4 is 10.2 Å². The Morgan fingerprint density at radius 1 is 1.05 bits per heavy atom. The minimum absolute atomic E-state index is 0.176. The van der Waals surface area contributed by atoms with Crippen molar-refractivity contribution in [3.63, 3.8) is 0 Å². The highest BCUT2D eigenvalue weighted by Crippen LogP contribution is 2.35. The first-order valence-electron chi connectivity index (χ1n) is 11.8. The Labute approximate surface area is 223 Å². The predicted octanol–water partition coefficient (Wildman–Crippen LogP) is 5.15. The van der Waals surface area contributed by atoms with Crippen molar-refractivity contribution in [2.45, 2.75) is 6.92 Å². The highest BCUT2D eigenvalue weighted by atomic mass is 35.5. The number of piperazine rings is 1. The second kappa shape index (κ2) is 11.2. The summed E-state index contributed by atoms with van der Waals surface area (Å²) in [5.74, 6) is -2.22. The number of methoxy groups -OCH3 is 1. The molecule has 0 saturated carbocycles. The van der Waals surface area contributed by atoms with Crippen LogP contribution in [0.25, 0.3) is 11.1 Å². The molecular formula is C27H26ClFN4O5. The molecule has 1 saturated heterocycles. The van der Waals surface area contributed by atoms with Crippen molar-refractivity contribution in [1.29, 1.82) is 0 Å². The first-order valence-corrected chi connectivity index (χ1v) is 12.2. The molecule has 1 fully saturated rings. The van der Waals surface area contributed by atoms with Crippen molar-refractivity contribution >= 4 is 40.5 Å². The number of esters is 1. The Morgan fingerprint density at radius 3 is 2.29 bits per heavy atom. The van der Waals surface area contributed by atoms with E-state index in [9.17, 15) is 24.1 Å². The van der Waals surface area contributed by atoms with Gasteiger partial charge >= 0.3 is 11.7 Å². The molecule has 0 unspecified atom stereocenters. The molecular weight excluding hydrogens is 515 g/mol. The SMILES string of the molecule is COC(=O)c1ccc(-c2ccc(N3CCN(C)CC3)c(NC(=O)c3cc([N+](=O)[O-])c(F)c(C)c3Cl)c2)cc1. The van der Waals surface area contributed by atoms with E-state index >= 15 is 0 Å². The molecule has 11 heteroatoms. The molecule has 3 aromatic rings. The topological polar surface area (TPSA) is 105 Å². The summed E-state index contributed by atoms with van der Waals surface area (Å²) in [5, 5.41) is 14.0. The lowest BCUT2D eigenvalue weighted by molar-refractivity contribution is -0.387. The highest BCUT2D eigenvalue weighted by Gasteiger charge is 2.26. The summed E-state index contributed by atoms with van der Waals surface area (Å²) in [6.45, 7) is 4.41. The minimum atomic E-state index is -1.08. The van der Waals surface area contributed by atoms with Crippen molar-refractivity contribution in [2.75, 3.05) is 50.6 Å². The second-order valence-corrected chi connectivity index (χ2v) is 9.38. The number of nitro benzene ring substituents is 1. The molecule has 0 radical (unpaired) electrons. The fourth-order valence-electron chi connectivity index (χ4n) is 4.30. The van der Waals surface area contributed by atoms with E-state index in [2.05, 4.69) is 15.1 Å². The van der Waals surface area contributed by atoms with Crippen LogP contribution in [0.2, 0.25) is 5.02 Å². The smallest absolute Gasteiger partial charge is 0.337 e. The first-order chi connectivity index (χ1) is 18.1. The van der Waals surface area contributed by atoms with Gasteiger partial charge in [0.05, 0.1) is 39.6 Å². The maximum atomic E-state index is 14.4. The minimum Gasteiger partial charge on any atom is -0.465 e. The van der Waals surface area contributed by atoms with Gasteiger partial charge in [-0.1, -0.05) is 29.8 Å². The molecule has 1 amide bonds. The van der Waals surface area contributed by atoms with Gasteiger partial charge < -0.3 is 19.9 Å². The van der Waals surface area contributed by atoms with Crippen molar-refractivity contribution in [1.82, 2.24) is 4.90 Å². The van der Waals surface area contributed by atoms with Gasteiger partial charge in [0.25, 0.3) is 5.91 Å². The van der Waals surface area contributed by atoms with E-state index in [0.717, 1.165) is 49.1 Å². The van der Waals surface area contributed by atoms with E-state index < -0.39 is 28.3 Å². The number of carbonyl (C=O) groups excluding carboxylic acids is 2. The lowest BCUT2D eigenvalue weighted by atomic mass is 10.0. The van der Waals surface area contributed by atoms with Crippen LogP contribution in [0.4, 0.5) is 21.5 Å². The van der Waals surface area contributed by atoms with Crippen LogP contribution >= 0.6 is 11.6 Å². The average Bonchev–Trinajstić information content (AvgIpc) is 2.91. The summed E-state index contributed by atoms with van der Waals surface area (Å²) in [6, 6.07) is 13.3. The van der Waals surface area contributed by atoms with E-state index in [-0.39, 0.29) is 16.1 Å². The van der Waals surface area contributed by atoms with Gasteiger partial charge in [-0.3, -0.25) is 14.9 Å².